The summed E-state index contributed by atoms with van der Waals surface area (Å²) in [6.45, 7) is 2.46. The Hall–Kier alpha value is -1.51. The molecule has 0 radical (unpaired) electrons. The highest BCUT2D eigenvalue weighted by Gasteiger charge is 2.12. The van der Waals surface area contributed by atoms with Crippen molar-refractivity contribution >= 4 is 11.7 Å². The molecule has 0 fully saturated rings. The Bertz CT molecular complexity index is 415. The van der Waals surface area contributed by atoms with Crippen molar-refractivity contribution in [2.24, 2.45) is 5.92 Å². The molecule has 0 bridgehead atoms. The maximum absolute atomic E-state index is 10.7. The lowest BCUT2D eigenvalue weighted by Gasteiger charge is -2.10. The lowest BCUT2D eigenvalue weighted by Crippen LogP contribution is -2.14. The van der Waals surface area contributed by atoms with Crippen molar-refractivity contribution in [1.82, 2.24) is 0 Å². The van der Waals surface area contributed by atoms with Crippen LogP contribution in [0.1, 0.15) is 30.9 Å². The Kier molecular flexibility index (Phi) is 3.67. The van der Waals surface area contributed by atoms with Crippen molar-refractivity contribution in [2.75, 3.05) is 11.9 Å². The average molecular weight is 233 g/mol. The molecule has 0 amide bonds. The van der Waals surface area contributed by atoms with Crippen molar-refractivity contribution in [3.8, 4) is 0 Å². The van der Waals surface area contributed by atoms with E-state index in [1.54, 1.807) is 6.92 Å². The molecule has 92 valence electrons. The summed E-state index contributed by atoms with van der Waals surface area (Å²) < 4.78 is 0. The molecule has 0 saturated carbocycles. The van der Waals surface area contributed by atoms with E-state index >= 15 is 0 Å². The number of rotatable bonds is 5. The second-order valence-electron chi connectivity index (χ2n) is 4.79. The number of hydrogen-bond donors (Lipinski definition) is 2. The van der Waals surface area contributed by atoms with E-state index in [2.05, 4.69) is 23.5 Å². The Morgan fingerprint density at radius 3 is 2.94 bits per heavy atom. The van der Waals surface area contributed by atoms with E-state index in [0.29, 0.717) is 13.0 Å². The van der Waals surface area contributed by atoms with E-state index in [1.807, 2.05) is 0 Å². The fourth-order valence-electron chi connectivity index (χ4n) is 2.24. The number of carboxylic acid groups (broad SMARTS) is 1. The smallest absolute Gasteiger partial charge is 0.306 e. The molecule has 1 aromatic carbocycles. The molecule has 0 heterocycles. The van der Waals surface area contributed by atoms with Gasteiger partial charge in [-0.05, 0) is 48.9 Å². The van der Waals surface area contributed by atoms with Crippen molar-refractivity contribution in [2.45, 2.75) is 32.6 Å². The highest BCUT2D eigenvalue weighted by Crippen LogP contribution is 2.24. The van der Waals surface area contributed by atoms with Gasteiger partial charge in [0.1, 0.15) is 0 Å². The molecule has 1 aliphatic carbocycles. The number of aliphatic carboxylic acids is 1. The number of anilines is 1. The number of aryl methyl sites for hydroxylation is 2. The minimum atomic E-state index is -0.722. The molecule has 1 aromatic rings. The molecule has 0 aliphatic heterocycles. The first-order chi connectivity index (χ1) is 8.16. The molecule has 0 saturated heterocycles. The number of nitrogens with one attached hydrogen (secondary N) is 1. The molecule has 3 nitrogen and oxygen atoms in total. The molecule has 1 unspecified atom stereocenters. The summed E-state index contributed by atoms with van der Waals surface area (Å²) in [6.07, 6.45) is 4.29. The van der Waals surface area contributed by atoms with E-state index in [9.17, 15) is 4.79 Å². The quantitative estimate of drug-likeness (QED) is 0.822. The maximum atomic E-state index is 10.7. The zero-order valence-electron chi connectivity index (χ0n) is 10.2. The van der Waals surface area contributed by atoms with Crippen LogP contribution in [0.2, 0.25) is 0 Å². The number of benzene rings is 1. The van der Waals surface area contributed by atoms with Crippen molar-refractivity contribution in [3.63, 3.8) is 0 Å². The Morgan fingerprint density at radius 2 is 2.18 bits per heavy atom. The van der Waals surface area contributed by atoms with Gasteiger partial charge in [0, 0.05) is 12.2 Å². The second-order valence-corrected chi connectivity index (χ2v) is 4.79. The normalized spacial score (nSPS) is 15.4. The van der Waals surface area contributed by atoms with Gasteiger partial charge in [0.05, 0.1) is 5.92 Å². The van der Waals surface area contributed by atoms with Crippen LogP contribution in [0.5, 0.6) is 0 Å². The van der Waals surface area contributed by atoms with E-state index in [4.69, 9.17) is 5.11 Å². The van der Waals surface area contributed by atoms with Gasteiger partial charge in [0.2, 0.25) is 0 Å². The van der Waals surface area contributed by atoms with Gasteiger partial charge < -0.3 is 10.4 Å². The molecule has 3 heteroatoms. The molecular formula is C14H19NO2. The fourth-order valence-corrected chi connectivity index (χ4v) is 2.24. The van der Waals surface area contributed by atoms with E-state index in [-0.39, 0.29) is 5.92 Å². The molecular weight excluding hydrogens is 214 g/mol. The van der Waals surface area contributed by atoms with Crippen molar-refractivity contribution < 1.29 is 9.90 Å². The van der Waals surface area contributed by atoms with Crippen LogP contribution in [-0.2, 0) is 17.6 Å². The first-order valence-corrected chi connectivity index (χ1v) is 6.25. The van der Waals surface area contributed by atoms with Gasteiger partial charge in [-0.25, -0.2) is 0 Å². The van der Waals surface area contributed by atoms with Gasteiger partial charge in [-0.2, -0.15) is 0 Å². The Balaban J connectivity index is 1.85. The summed E-state index contributed by atoms with van der Waals surface area (Å²) in [7, 11) is 0. The highest BCUT2D eigenvalue weighted by molar-refractivity contribution is 5.69. The number of carbonyl (C=O) groups is 1. The van der Waals surface area contributed by atoms with Crippen LogP contribution in [0, 0.1) is 5.92 Å². The summed E-state index contributed by atoms with van der Waals surface area (Å²) in [5, 5.41) is 12.1. The Labute approximate surface area is 102 Å². The standard InChI is InChI=1S/C14H19NO2/c1-10(14(16)17)7-8-15-13-6-5-11-3-2-4-12(11)9-13/h5-6,9-10,15H,2-4,7-8H2,1H3,(H,16,17). The summed E-state index contributed by atoms with van der Waals surface area (Å²) in [5.41, 5.74) is 4.03. The predicted molar refractivity (Wildman–Crippen MR) is 68.4 cm³/mol. The molecule has 1 atom stereocenters. The lowest BCUT2D eigenvalue weighted by molar-refractivity contribution is -0.141. The van der Waals surface area contributed by atoms with Crippen molar-refractivity contribution in [3.05, 3.63) is 29.3 Å². The average Bonchev–Trinajstić information content (AvgIpc) is 2.75. The molecule has 0 spiro atoms. The molecule has 0 aromatic heterocycles. The molecule has 1 aliphatic rings. The summed E-state index contributed by atoms with van der Waals surface area (Å²) in [4.78, 5) is 10.7. The van der Waals surface area contributed by atoms with Gasteiger partial charge in [0.25, 0.3) is 0 Å². The van der Waals surface area contributed by atoms with Gasteiger partial charge in [0.15, 0.2) is 0 Å². The fraction of sp³-hybridized carbons (Fsp3) is 0.500. The minimum absolute atomic E-state index is 0.281. The second kappa shape index (κ2) is 5.21. The van der Waals surface area contributed by atoms with Gasteiger partial charge >= 0.3 is 5.97 Å². The molecule has 2 N–H and O–H groups in total. The lowest BCUT2D eigenvalue weighted by atomic mass is 10.1. The topological polar surface area (TPSA) is 49.3 Å². The number of fused-ring (bicyclic) bond motifs is 1. The van der Waals surface area contributed by atoms with E-state index in [0.717, 1.165) is 5.69 Å². The van der Waals surface area contributed by atoms with E-state index < -0.39 is 5.97 Å². The molecule has 17 heavy (non-hydrogen) atoms. The first kappa shape index (κ1) is 12.0. The SMILES string of the molecule is CC(CCNc1ccc2c(c1)CCC2)C(=O)O. The number of carboxylic acids is 1. The zero-order valence-corrected chi connectivity index (χ0v) is 10.2. The van der Waals surface area contributed by atoms with Gasteiger partial charge in [-0.3, -0.25) is 4.79 Å². The third-order valence-electron chi connectivity index (χ3n) is 3.43. The van der Waals surface area contributed by atoms with Crippen LogP contribution < -0.4 is 5.32 Å². The van der Waals surface area contributed by atoms with Crippen LogP contribution in [0.25, 0.3) is 0 Å². The summed E-state index contributed by atoms with van der Waals surface area (Å²) >= 11 is 0. The van der Waals surface area contributed by atoms with Crippen LogP contribution >= 0.6 is 0 Å². The first-order valence-electron chi connectivity index (χ1n) is 6.25. The third kappa shape index (κ3) is 2.99. The zero-order chi connectivity index (χ0) is 12.3. The third-order valence-corrected chi connectivity index (χ3v) is 3.43. The number of hydrogen-bond acceptors (Lipinski definition) is 2. The van der Waals surface area contributed by atoms with Crippen LogP contribution in [0.3, 0.4) is 0 Å². The predicted octanol–water partition coefficient (Wildman–Crippen LogP) is 2.70. The van der Waals surface area contributed by atoms with Crippen molar-refractivity contribution in [1.29, 1.82) is 0 Å². The monoisotopic (exact) mass is 233 g/mol. The molecule has 2 rings (SSSR count). The highest BCUT2D eigenvalue weighted by atomic mass is 16.4. The summed E-state index contributed by atoms with van der Waals surface area (Å²) in [5.74, 6) is -1.00. The largest absolute Gasteiger partial charge is 0.481 e. The summed E-state index contributed by atoms with van der Waals surface area (Å²) in [6, 6.07) is 6.48. The van der Waals surface area contributed by atoms with Crippen LogP contribution in [0.15, 0.2) is 18.2 Å². The van der Waals surface area contributed by atoms with E-state index in [1.165, 1.54) is 30.4 Å². The van der Waals surface area contributed by atoms with Gasteiger partial charge in [-0.1, -0.05) is 13.0 Å². The Morgan fingerprint density at radius 1 is 1.41 bits per heavy atom. The van der Waals surface area contributed by atoms with Gasteiger partial charge in [-0.15, -0.1) is 0 Å². The van der Waals surface area contributed by atoms with Crippen LogP contribution in [-0.4, -0.2) is 17.6 Å². The minimum Gasteiger partial charge on any atom is -0.481 e. The maximum Gasteiger partial charge on any atom is 0.306 e. The van der Waals surface area contributed by atoms with Crippen LogP contribution in [0.4, 0.5) is 5.69 Å².